The lowest BCUT2D eigenvalue weighted by atomic mass is 10.1. The maximum atomic E-state index is 11.5. The van der Waals surface area contributed by atoms with Gasteiger partial charge in [0, 0.05) is 25.2 Å². The highest BCUT2D eigenvalue weighted by Gasteiger charge is 2.26. The standard InChI is InChI=1S/C12H24N2O3/c1-12(2,3)17-11(16)14-10-7-9(13-8-10)5-4-6-15/h9-10,13,15H,4-8H2,1-3H3,(H,14,16)/t9?,10-/m0/s1. The Morgan fingerprint density at radius 3 is 2.82 bits per heavy atom. The summed E-state index contributed by atoms with van der Waals surface area (Å²) in [5.74, 6) is 0. The quantitative estimate of drug-likeness (QED) is 0.690. The van der Waals surface area contributed by atoms with E-state index in [4.69, 9.17) is 9.84 Å². The van der Waals surface area contributed by atoms with Crippen LogP contribution >= 0.6 is 0 Å². The molecule has 3 N–H and O–H groups in total. The molecule has 1 aliphatic heterocycles. The number of ether oxygens (including phenoxy) is 1. The molecule has 2 atom stereocenters. The van der Waals surface area contributed by atoms with Gasteiger partial charge < -0.3 is 20.5 Å². The first-order valence-corrected chi connectivity index (χ1v) is 6.24. The van der Waals surface area contributed by atoms with Crippen LogP contribution in [-0.2, 0) is 4.74 Å². The van der Waals surface area contributed by atoms with Gasteiger partial charge in [-0.1, -0.05) is 0 Å². The number of alkyl carbamates (subject to hydrolysis) is 1. The van der Waals surface area contributed by atoms with Gasteiger partial charge in [0.2, 0.25) is 0 Å². The Hall–Kier alpha value is -0.810. The van der Waals surface area contributed by atoms with Gasteiger partial charge in [0.25, 0.3) is 0 Å². The third-order valence-electron chi connectivity index (χ3n) is 2.65. The molecule has 0 aromatic heterocycles. The van der Waals surface area contributed by atoms with Crippen molar-refractivity contribution in [3.8, 4) is 0 Å². The fourth-order valence-electron chi connectivity index (χ4n) is 1.96. The Kier molecular flexibility index (Phi) is 5.21. The average molecular weight is 244 g/mol. The summed E-state index contributed by atoms with van der Waals surface area (Å²) in [4.78, 5) is 11.5. The summed E-state index contributed by atoms with van der Waals surface area (Å²) >= 11 is 0. The van der Waals surface area contributed by atoms with E-state index in [2.05, 4.69) is 10.6 Å². The minimum atomic E-state index is -0.452. The van der Waals surface area contributed by atoms with E-state index in [1.54, 1.807) is 0 Å². The van der Waals surface area contributed by atoms with Crippen molar-refractivity contribution in [2.75, 3.05) is 13.2 Å². The molecule has 17 heavy (non-hydrogen) atoms. The topological polar surface area (TPSA) is 70.6 Å². The Bertz CT molecular complexity index is 251. The second-order valence-electron chi connectivity index (χ2n) is 5.55. The fraction of sp³-hybridized carbons (Fsp3) is 0.917. The number of carbonyl (C=O) groups is 1. The summed E-state index contributed by atoms with van der Waals surface area (Å²) in [6, 6.07) is 0.524. The minimum Gasteiger partial charge on any atom is -0.444 e. The Morgan fingerprint density at radius 1 is 1.53 bits per heavy atom. The molecule has 1 aliphatic rings. The van der Waals surface area contributed by atoms with Crippen LogP contribution in [0.1, 0.15) is 40.0 Å². The number of aliphatic hydroxyl groups is 1. The van der Waals surface area contributed by atoms with Crippen molar-refractivity contribution in [2.24, 2.45) is 0 Å². The maximum absolute atomic E-state index is 11.5. The molecule has 0 aromatic rings. The lowest BCUT2D eigenvalue weighted by Gasteiger charge is -2.21. The molecule has 0 spiro atoms. The van der Waals surface area contributed by atoms with Crippen LogP contribution in [0.4, 0.5) is 4.79 Å². The summed E-state index contributed by atoms with van der Waals surface area (Å²) in [5, 5.41) is 14.9. The van der Waals surface area contributed by atoms with Crippen molar-refractivity contribution in [1.82, 2.24) is 10.6 Å². The average Bonchev–Trinajstić information content (AvgIpc) is 2.59. The zero-order chi connectivity index (χ0) is 12.9. The number of nitrogens with one attached hydrogen (secondary N) is 2. The van der Waals surface area contributed by atoms with Gasteiger partial charge in [-0.15, -0.1) is 0 Å². The zero-order valence-electron chi connectivity index (χ0n) is 11.0. The van der Waals surface area contributed by atoms with Crippen molar-refractivity contribution in [3.05, 3.63) is 0 Å². The number of amides is 1. The monoisotopic (exact) mass is 244 g/mol. The molecule has 100 valence electrons. The van der Waals surface area contributed by atoms with Gasteiger partial charge in [-0.05, 0) is 40.0 Å². The summed E-state index contributed by atoms with van der Waals surface area (Å²) in [5.41, 5.74) is -0.452. The first-order chi connectivity index (χ1) is 7.90. The summed E-state index contributed by atoms with van der Waals surface area (Å²) in [6.45, 7) is 6.55. The zero-order valence-corrected chi connectivity index (χ0v) is 11.0. The molecule has 0 saturated carbocycles. The van der Waals surface area contributed by atoms with Gasteiger partial charge >= 0.3 is 6.09 Å². The van der Waals surface area contributed by atoms with Crippen molar-refractivity contribution in [3.63, 3.8) is 0 Å². The summed E-state index contributed by atoms with van der Waals surface area (Å²) in [7, 11) is 0. The second kappa shape index (κ2) is 6.21. The molecule has 1 unspecified atom stereocenters. The Morgan fingerprint density at radius 2 is 2.24 bits per heavy atom. The van der Waals surface area contributed by atoms with E-state index >= 15 is 0 Å². The lowest BCUT2D eigenvalue weighted by molar-refractivity contribution is 0.0508. The van der Waals surface area contributed by atoms with Crippen molar-refractivity contribution in [1.29, 1.82) is 0 Å². The fourth-order valence-corrected chi connectivity index (χ4v) is 1.96. The molecule has 0 aliphatic carbocycles. The number of hydrogen-bond acceptors (Lipinski definition) is 4. The molecule has 0 aromatic carbocycles. The second-order valence-corrected chi connectivity index (χ2v) is 5.55. The van der Waals surface area contributed by atoms with Gasteiger partial charge in [0.05, 0.1) is 0 Å². The molecule has 1 saturated heterocycles. The van der Waals surface area contributed by atoms with E-state index in [1.165, 1.54) is 0 Å². The summed E-state index contributed by atoms with van der Waals surface area (Å²) in [6.07, 6.45) is 2.30. The maximum Gasteiger partial charge on any atom is 0.407 e. The van der Waals surface area contributed by atoms with E-state index < -0.39 is 5.60 Å². The molecule has 0 bridgehead atoms. The van der Waals surface area contributed by atoms with E-state index in [0.29, 0.717) is 6.04 Å². The predicted octanol–water partition coefficient (Wildman–Crippen LogP) is 1.01. The highest BCUT2D eigenvalue weighted by atomic mass is 16.6. The molecular formula is C12H24N2O3. The largest absolute Gasteiger partial charge is 0.444 e. The Labute approximate surface area is 103 Å². The molecule has 0 radical (unpaired) electrons. The number of aliphatic hydroxyl groups excluding tert-OH is 1. The molecule has 1 fully saturated rings. The molecule has 1 heterocycles. The summed E-state index contributed by atoms with van der Waals surface area (Å²) < 4.78 is 5.20. The first-order valence-electron chi connectivity index (χ1n) is 6.24. The highest BCUT2D eigenvalue weighted by Crippen LogP contribution is 2.13. The normalized spacial score (nSPS) is 24.7. The van der Waals surface area contributed by atoms with Gasteiger partial charge in [0.1, 0.15) is 5.60 Å². The number of carbonyl (C=O) groups excluding carboxylic acids is 1. The van der Waals surface area contributed by atoms with E-state index in [0.717, 1.165) is 25.8 Å². The third kappa shape index (κ3) is 5.89. The smallest absolute Gasteiger partial charge is 0.407 e. The minimum absolute atomic E-state index is 0.133. The van der Waals surface area contributed by atoms with Crippen molar-refractivity contribution < 1.29 is 14.6 Å². The SMILES string of the molecule is CC(C)(C)OC(=O)N[C@@H]1CNC(CCCO)C1. The van der Waals surface area contributed by atoms with Gasteiger partial charge in [-0.2, -0.15) is 0 Å². The predicted molar refractivity (Wildman–Crippen MR) is 65.9 cm³/mol. The van der Waals surface area contributed by atoms with Crippen LogP contribution in [0.15, 0.2) is 0 Å². The highest BCUT2D eigenvalue weighted by molar-refractivity contribution is 5.68. The van der Waals surface area contributed by atoms with Gasteiger partial charge in [-0.25, -0.2) is 4.79 Å². The van der Waals surface area contributed by atoms with Gasteiger partial charge in [-0.3, -0.25) is 0 Å². The molecule has 1 amide bonds. The van der Waals surface area contributed by atoms with Crippen LogP contribution in [0.5, 0.6) is 0 Å². The number of hydrogen-bond donors (Lipinski definition) is 3. The van der Waals surface area contributed by atoms with Crippen LogP contribution < -0.4 is 10.6 Å². The van der Waals surface area contributed by atoms with Crippen molar-refractivity contribution >= 4 is 6.09 Å². The molecule has 5 heteroatoms. The van der Waals surface area contributed by atoms with E-state index in [9.17, 15) is 4.79 Å². The molecule has 5 nitrogen and oxygen atoms in total. The number of rotatable bonds is 4. The van der Waals surface area contributed by atoms with Crippen LogP contribution in [0.3, 0.4) is 0 Å². The van der Waals surface area contributed by atoms with Crippen LogP contribution in [0.25, 0.3) is 0 Å². The van der Waals surface area contributed by atoms with Crippen LogP contribution in [0.2, 0.25) is 0 Å². The first kappa shape index (κ1) is 14.3. The van der Waals surface area contributed by atoms with Gasteiger partial charge in [0.15, 0.2) is 0 Å². The lowest BCUT2D eigenvalue weighted by Crippen LogP contribution is -2.40. The molecular weight excluding hydrogens is 220 g/mol. The van der Waals surface area contributed by atoms with Crippen molar-refractivity contribution in [2.45, 2.75) is 57.7 Å². The van der Waals surface area contributed by atoms with E-state index in [1.807, 2.05) is 20.8 Å². The molecule has 1 rings (SSSR count). The van der Waals surface area contributed by atoms with E-state index in [-0.39, 0.29) is 18.7 Å². The Balaban J connectivity index is 2.23. The third-order valence-corrected chi connectivity index (χ3v) is 2.65. The van der Waals surface area contributed by atoms with Crippen LogP contribution in [0, 0.1) is 0 Å². The van der Waals surface area contributed by atoms with Crippen LogP contribution in [-0.4, -0.2) is 42.0 Å².